The first-order valence-corrected chi connectivity index (χ1v) is 8.08. The van der Waals surface area contributed by atoms with Crippen LogP contribution in [0.25, 0.3) is 0 Å². The van der Waals surface area contributed by atoms with Gasteiger partial charge in [0, 0.05) is 12.4 Å². The number of carbonyl (C=O) groups is 1. The highest BCUT2D eigenvalue weighted by molar-refractivity contribution is 6.03. The van der Waals surface area contributed by atoms with Crippen molar-refractivity contribution in [3.05, 3.63) is 71.8 Å². The summed E-state index contributed by atoms with van der Waals surface area (Å²) in [5, 5.41) is 5.89. The summed E-state index contributed by atoms with van der Waals surface area (Å²) >= 11 is 0. The molecule has 2 heterocycles. The van der Waals surface area contributed by atoms with Crippen LogP contribution in [0.5, 0.6) is 5.75 Å². The molecule has 0 aliphatic rings. The highest BCUT2D eigenvalue weighted by Crippen LogP contribution is 2.25. The second-order valence-corrected chi connectivity index (χ2v) is 5.60. The molecule has 0 saturated heterocycles. The van der Waals surface area contributed by atoms with E-state index in [0.717, 1.165) is 11.3 Å². The Kier molecular flexibility index (Phi) is 5.38. The molecule has 2 N–H and O–H groups in total. The maximum Gasteiger partial charge on any atom is 0.274 e. The van der Waals surface area contributed by atoms with Gasteiger partial charge in [0.2, 0.25) is 5.95 Å². The van der Waals surface area contributed by atoms with Crippen molar-refractivity contribution in [1.82, 2.24) is 15.0 Å². The van der Waals surface area contributed by atoms with Gasteiger partial charge in [0.05, 0.1) is 25.0 Å². The lowest BCUT2D eigenvalue weighted by Gasteiger charge is -2.11. The predicted octanol–water partition coefficient (Wildman–Crippen LogP) is 3.05. The largest absolute Gasteiger partial charge is 0.495 e. The first-order valence-electron chi connectivity index (χ1n) is 8.08. The van der Waals surface area contributed by atoms with E-state index in [2.05, 4.69) is 25.6 Å². The number of pyridine rings is 1. The second kappa shape index (κ2) is 8.06. The normalized spacial score (nSPS) is 10.2. The molecule has 132 valence electrons. The van der Waals surface area contributed by atoms with Crippen LogP contribution in [0.1, 0.15) is 21.7 Å². The maximum atomic E-state index is 12.5. The average Bonchev–Trinajstić information content (AvgIpc) is 2.67. The molecule has 0 spiro atoms. The Bertz CT molecular complexity index is 899. The number of amides is 1. The van der Waals surface area contributed by atoms with Crippen LogP contribution >= 0.6 is 0 Å². The van der Waals surface area contributed by atoms with Gasteiger partial charge in [-0.25, -0.2) is 9.97 Å². The van der Waals surface area contributed by atoms with Crippen LogP contribution in [0.15, 0.2) is 54.9 Å². The van der Waals surface area contributed by atoms with Gasteiger partial charge in [-0.3, -0.25) is 9.78 Å². The Balaban J connectivity index is 1.71. The Morgan fingerprint density at radius 2 is 2.00 bits per heavy atom. The molecule has 1 amide bonds. The molecule has 2 aromatic heterocycles. The molecule has 0 atom stereocenters. The SMILES string of the molecule is COc1ccc(C)cc1NC(=O)c1ccnc(NCc2ccccn2)n1. The summed E-state index contributed by atoms with van der Waals surface area (Å²) in [7, 11) is 1.56. The number of anilines is 2. The van der Waals surface area contributed by atoms with Crippen LogP contribution < -0.4 is 15.4 Å². The molecule has 3 rings (SSSR count). The minimum atomic E-state index is -0.336. The fraction of sp³-hybridized carbons (Fsp3) is 0.158. The fourth-order valence-electron chi connectivity index (χ4n) is 2.35. The van der Waals surface area contributed by atoms with Crippen LogP contribution in [0.2, 0.25) is 0 Å². The molecule has 0 bridgehead atoms. The summed E-state index contributed by atoms with van der Waals surface area (Å²) in [5.74, 6) is 0.614. The summed E-state index contributed by atoms with van der Waals surface area (Å²) in [6.45, 7) is 2.41. The molecule has 26 heavy (non-hydrogen) atoms. The molecule has 0 radical (unpaired) electrons. The smallest absolute Gasteiger partial charge is 0.274 e. The van der Waals surface area contributed by atoms with Gasteiger partial charge in [-0.05, 0) is 42.8 Å². The molecule has 0 aliphatic heterocycles. The van der Waals surface area contributed by atoms with Gasteiger partial charge in [-0.2, -0.15) is 0 Å². The number of nitrogens with zero attached hydrogens (tertiary/aromatic N) is 3. The second-order valence-electron chi connectivity index (χ2n) is 5.60. The molecule has 0 fully saturated rings. The molecule has 0 saturated carbocycles. The lowest BCUT2D eigenvalue weighted by Crippen LogP contribution is -2.16. The summed E-state index contributed by atoms with van der Waals surface area (Å²) in [4.78, 5) is 25.1. The number of nitrogens with one attached hydrogen (secondary N) is 2. The number of methoxy groups -OCH3 is 1. The number of ether oxygens (including phenoxy) is 1. The third-order valence-corrected chi connectivity index (χ3v) is 3.65. The third kappa shape index (κ3) is 4.32. The van der Waals surface area contributed by atoms with E-state index in [4.69, 9.17) is 4.74 Å². The molecule has 7 heteroatoms. The average molecular weight is 349 g/mol. The van der Waals surface area contributed by atoms with Gasteiger partial charge >= 0.3 is 0 Å². The van der Waals surface area contributed by atoms with Crippen molar-refractivity contribution in [2.75, 3.05) is 17.7 Å². The van der Waals surface area contributed by atoms with E-state index < -0.39 is 0 Å². The van der Waals surface area contributed by atoms with E-state index in [1.807, 2.05) is 43.3 Å². The van der Waals surface area contributed by atoms with Crippen LogP contribution in [0.3, 0.4) is 0 Å². The summed E-state index contributed by atoms with van der Waals surface area (Å²) in [6.07, 6.45) is 3.26. The lowest BCUT2D eigenvalue weighted by atomic mass is 10.2. The zero-order chi connectivity index (χ0) is 18.4. The summed E-state index contributed by atoms with van der Waals surface area (Å²) in [5.41, 5.74) is 2.73. The van der Waals surface area contributed by atoms with E-state index in [1.165, 1.54) is 6.20 Å². The Morgan fingerprint density at radius 3 is 2.77 bits per heavy atom. The van der Waals surface area contributed by atoms with Crippen molar-refractivity contribution in [1.29, 1.82) is 0 Å². The van der Waals surface area contributed by atoms with Crippen molar-refractivity contribution >= 4 is 17.5 Å². The number of aromatic nitrogens is 3. The van der Waals surface area contributed by atoms with Crippen molar-refractivity contribution < 1.29 is 9.53 Å². The third-order valence-electron chi connectivity index (χ3n) is 3.65. The van der Waals surface area contributed by atoms with Crippen LogP contribution in [-0.2, 0) is 6.54 Å². The van der Waals surface area contributed by atoms with Gasteiger partial charge < -0.3 is 15.4 Å². The topological polar surface area (TPSA) is 89.0 Å². The van der Waals surface area contributed by atoms with Crippen molar-refractivity contribution in [3.63, 3.8) is 0 Å². The predicted molar refractivity (Wildman–Crippen MR) is 99.3 cm³/mol. The highest BCUT2D eigenvalue weighted by Gasteiger charge is 2.12. The van der Waals surface area contributed by atoms with Gasteiger partial charge in [0.1, 0.15) is 11.4 Å². The van der Waals surface area contributed by atoms with Crippen molar-refractivity contribution in [2.24, 2.45) is 0 Å². The van der Waals surface area contributed by atoms with E-state index in [-0.39, 0.29) is 11.6 Å². The van der Waals surface area contributed by atoms with E-state index in [9.17, 15) is 4.79 Å². The van der Waals surface area contributed by atoms with E-state index >= 15 is 0 Å². The van der Waals surface area contributed by atoms with E-state index in [1.54, 1.807) is 19.4 Å². The standard InChI is InChI=1S/C19H19N5O2/c1-13-6-7-17(26-2)16(11-13)23-18(25)15-8-10-21-19(24-15)22-12-14-5-3-4-9-20-14/h3-11H,12H2,1-2H3,(H,23,25)(H,21,22,24). The molecule has 0 unspecified atom stereocenters. The van der Waals surface area contributed by atoms with Crippen molar-refractivity contribution in [3.8, 4) is 5.75 Å². The minimum absolute atomic E-state index is 0.257. The van der Waals surface area contributed by atoms with Gasteiger partial charge in [-0.1, -0.05) is 12.1 Å². The Morgan fingerprint density at radius 1 is 1.12 bits per heavy atom. The molecular formula is C19H19N5O2. The summed E-state index contributed by atoms with van der Waals surface area (Å²) < 4.78 is 5.28. The Labute approximate surface area is 151 Å². The molecule has 3 aromatic rings. The first-order chi connectivity index (χ1) is 12.7. The van der Waals surface area contributed by atoms with Crippen molar-refractivity contribution in [2.45, 2.75) is 13.5 Å². The number of carbonyl (C=O) groups excluding carboxylic acids is 1. The number of rotatable bonds is 6. The minimum Gasteiger partial charge on any atom is -0.495 e. The molecule has 7 nitrogen and oxygen atoms in total. The summed E-state index contributed by atoms with van der Waals surface area (Å²) in [6, 6.07) is 12.8. The van der Waals surface area contributed by atoms with Crippen LogP contribution in [0.4, 0.5) is 11.6 Å². The maximum absolute atomic E-state index is 12.5. The monoisotopic (exact) mass is 349 g/mol. The number of aryl methyl sites for hydroxylation is 1. The quantitative estimate of drug-likeness (QED) is 0.711. The van der Waals surface area contributed by atoms with Gasteiger partial charge in [0.15, 0.2) is 0 Å². The molecule has 0 aliphatic carbocycles. The first kappa shape index (κ1) is 17.3. The van der Waals surface area contributed by atoms with Crippen LogP contribution in [-0.4, -0.2) is 28.0 Å². The lowest BCUT2D eigenvalue weighted by molar-refractivity contribution is 0.102. The number of hydrogen-bond donors (Lipinski definition) is 2. The van der Waals surface area contributed by atoms with Gasteiger partial charge in [-0.15, -0.1) is 0 Å². The fourth-order valence-corrected chi connectivity index (χ4v) is 2.35. The zero-order valence-corrected chi connectivity index (χ0v) is 14.6. The zero-order valence-electron chi connectivity index (χ0n) is 14.6. The molecule has 1 aromatic carbocycles. The van der Waals surface area contributed by atoms with E-state index in [0.29, 0.717) is 23.9 Å². The number of benzene rings is 1. The molecular weight excluding hydrogens is 330 g/mol. The van der Waals surface area contributed by atoms with Crippen LogP contribution in [0, 0.1) is 6.92 Å². The Hall–Kier alpha value is -3.48. The number of hydrogen-bond acceptors (Lipinski definition) is 6. The highest BCUT2D eigenvalue weighted by atomic mass is 16.5. The van der Waals surface area contributed by atoms with Gasteiger partial charge in [0.25, 0.3) is 5.91 Å².